The molecule has 3 N–H and O–H groups in total. The van der Waals surface area contributed by atoms with Crippen molar-refractivity contribution in [3.63, 3.8) is 0 Å². The number of rotatable bonds is 4. The first-order valence-electron chi connectivity index (χ1n) is 5.97. The van der Waals surface area contributed by atoms with Gasteiger partial charge in [-0.2, -0.15) is 0 Å². The Hall–Kier alpha value is -1.16. The molecule has 1 aliphatic rings. The monoisotopic (exact) mass is 289 g/mol. The Bertz CT molecular complexity index is 522. The molecule has 1 saturated heterocycles. The fourth-order valence-electron chi connectivity index (χ4n) is 2.03. The smallest absolute Gasteiger partial charge is 0.260 e. The maximum absolute atomic E-state index is 12.1. The fourth-order valence-corrected chi connectivity index (χ4v) is 3.32. The summed E-state index contributed by atoms with van der Waals surface area (Å²) < 4.78 is 33.7. The number of ether oxygens (including phenoxy) is 1. The molecule has 1 aromatic heterocycles. The second-order valence-electron chi connectivity index (χ2n) is 4.65. The van der Waals surface area contributed by atoms with Crippen molar-refractivity contribution in [2.75, 3.05) is 39.0 Å². The van der Waals surface area contributed by atoms with E-state index in [4.69, 9.17) is 10.5 Å². The number of imidazole rings is 1. The number of hydrogen-bond acceptors (Lipinski definition) is 6. The predicted molar refractivity (Wildman–Crippen MR) is 70.0 cm³/mol. The number of aryl methyl sites for hydroxylation is 1. The molecular weight excluding hydrogens is 270 g/mol. The summed E-state index contributed by atoms with van der Waals surface area (Å²) in [5.74, 6) is -0.00307. The Morgan fingerprint density at radius 1 is 1.58 bits per heavy atom. The molecule has 9 heteroatoms. The van der Waals surface area contributed by atoms with E-state index in [2.05, 4.69) is 14.6 Å². The zero-order valence-electron chi connectivity index (χ0n) is 11.0. The number of hydrogen-bond donors (Lipinski definition) is 2. The third-order valence-corrected chi connectivity index (χ3v) is 4.56. The van der Waals surface area contributed by atoms with Gasteiger partial charge in [-0.1, -0.05) is 0 Å². The summed E-state index contributed by atoms with van der Waals surface area (Å²) in [7, 11) is -0.107. The summed E-state index contributed by atoms with van der Waals surface area (Å²) in [6.45, 7) is 2.38. The Morgan fingerprint density at radius 3 is 2.89 bits per heavy atom. The maximum Gasteiger partial charge on any atom is 0.260 e. The molecule has 1 aromatic rings. The number of anilines is 1. The number of nitrogens with one attached hydrogen (secondary N) is 1. The lowest BCUT2D eigenvalue weighted by atomic mass is 10.3. The van der Waals surface area contributed by atoms with Crippen molar-refractivity contribution in [2.24, 2.45) is 7.05 Å². The van der Waals surface area contributed by atoms with Gasteiger partial charge in [-0.15, -0.1) is 0 Å². The predicted octanol–water partition coefficient (Wildman–Crippen LogP) is -1.39. The highest BCUT2D eigenvalue weighted by molar-refractivity contribution is 7.89. The first-order chi connectivity index (χ1) is 8.90. The molecule has 8 nitrogen and oxygen atoms in total. The number of nitrogens with two attached hydrogens (primary N) is 1. The van der Waals surface area contributed by atoms with Crippen LogP contribution in [0.1, 0.15) is 0 Å². The second kappa shape index (κ2) is 5.45. The van der Waals surface area contributed by atoms with E-state index in [0.717, 1.165) is 6.54 Å². The van der Waals surface area contributed by atoms with Gasteiger partial charge in [-0.3, -0.25) is 0 Å². The molecule has 2 heterocycles. The molecule has 1 aliphatic heterocycles. The number of morpholine rings is 1. The van der Waals surface area contributed by atoms with Gasteiger partial charge in [0, 0.05) is 26.7 Å². The minimum atomic E-state index is -3.67. The lowest BCUT2D eigenvalue weighted by Crippen LogP contribution is -2.46. The van der Waals surface area contributed by atoms with E-state index >= 15 is 0 Å². The number of likely N-dealkylation sites (N-methyl/N-ethyl adjacent to an activating group) is 1. The minimum Gasteiger partial charge on any atom is -0.381 e. The number of sulfonamides is 1. The van der Waals surface area contributed by atoms with Gasteiger partial charge in [0.25, 0.3) is 10.0 Å². The molecule has 1 fully saturated rings. The van der Waals surface area contributed by atoms with Crippen LogP contribution in [0, 0.1) is 0 Å². The Morgan fingerprint density at radius 2 is 2.32 bits per heavy atom. The van der Waals surface area contributed by atoms with Crippen LogP contribution in [0.5, 0.6) is 0 Å². The Balaban J connectivity index is 2.02. The zero-order chi connectivity index (χ0) is 14.0. The van der Waals surface area contributed by atoms with Crippen molar-refractivity contribution >= 4 is 15.8 Å². The first-order valence-corrected chi connectivity index (χ1v) is 7.45. The van der Waals surface area contributed by atoms with Crippen molar-refractivity contribution < 1.29 is 13.2 Å². The molecule has 1 atom stereocenters. The first kappa shape index (κ1) is 14.3. The van der Waals surface area contributed by atoms with Gasteiger partial charge < -0.3 is 19.9 Å². The molecule has 0 aliphatic carbocycles. The second-order valence-corrected chi connectivity index (χ2v) is 6.34. The average molecular weight is 289 g/mol. The van der Waals surface area contributed by atoms with Gasteiger partial charge in [0.05, 0.1) is 19.0 Å². The quantitative estimate of drug-likeness (QED) is 0.707. The van der Waals surface area contributed by atoms with E-state index in [0.29, 0.717) is 13.2 Å². The van der Waals surface area contributed by atoms with Gasteiger partial charge in [0.2, 0.25) is 0 Å². The highest BCUT2D eigenvalue weighted by Gasteiger charge is 2.25. The van der Waals surface area contributed by atoms with Crippen molar-refractivity contribution in [1.29, 1.82) is 0 Å². The molecule has 2 rings (SSSR count). The standard InChI is InChI=1S/C10H19N5O3S/c1-14-3-4-18-8(6-14)5-13-19(16,17)10-9(11)12-7-15(10)2/h7-8,13H,3-6,11H2,1-2H3. The maximum atomic E-state index is 12.1. The van der Waals surface area contributed by atoms with E-state index in [9.17, 15) is 8.42 Å². The number of nitrogen functional groups attached to an aromatic ring is 1. The van der Waals surface area contributed by atoms with Crippen LogP contribution in [0.4, 0.5) is 5.82 Å². The Labute approximate surface area is 112 Å². The van der Waals surface area contributed by atoms with E-state index < -0.39 is 10.0 Å². The summed E-state index contributed by atoms with van der Waals surface area (Å²) in [6.07, 6.45) is 1.22. The van der Waals surface area contributed by atoms with Crippen molar-refractivity contribution in [3.8, 4) is 0 Å². The lowest BCUT2D eigenvalue weighted by molar-refractivity contribution is -0.0156. The summed E-state index contributed by atoms with van der Waals surface area (Å²) in [5, 5.41) is -0.0170. The van der Waals surface area contributed by atoms with Crippen LogP contribution >= 0.6 is 0 Å². The van der Waals surface area contributed by atoms with E-state index in [-0.39, 0.29) is 23.5 Å². The van der Waals surface area contributed by atoms with Crippen molar-refractivity contribution in [2.45, 2.75) is 11.1 Å². The molecule has 0 aromatic carbocycles. The molecule has 108 valence electrons. The van der Waals surface area contributed by atoms with Crippen LogP contribution in [0.15, 0.2) is 11.4 Å². The van der Waals surface area contributed by atoms with Gasteiger partial charge in [-0.05, 0) is 7.05 Å². The van der Waals surface area contributed by atoms with Gasteiger partial charge >= 0.3 is 0 Å². The SMILES string of the molecule is CN1CCOC(CNS(=O)(=O)c2c(N)ncn2C)C1. The van der Waals surface area contributed by atoms with Crippen LogP contribution in [0.25, 0.3) is 0 Å². The molecule has 0 radical (unpaired) electrons. The number of nitrogens with zero attached hydrogens (tertiary/aromatic N) is 3. The van der Waals surface area contributed by atoms with E-state index in [1.54, 1.807) is 7.05 Å². The van der Waals surface area contributed by atoms with E-state index in [1.807, 2.05) is 7.05 Å². The molecule has 0 bridgehead atoms. The van der Waals surface area contributed by atoms with Crippen LogP contribution in [0.2, 0.25) is 0 Å². The fraction of sp³-hybridized carbons (Fsp3) is 0.700. The van der Waals surface area contributed by atoms with Crippen LogP contribution < -0.4 is 10.5 Å². The van der Waals surface area contributed by atoms with Crippen molar-refractivity contribution in [1.82, 2.24) is 19.2 Å². The third kappa shape index (κ3) is 3.24. The topological polar surface area (TPSA) is 102 Å². The Kier molecular flexibility index (Phi) is 4.09. The minimum absolute atomic E-state index is 0.00307. The summed E-state index contributed by atoms with van der Waals surface area (Å²) >= 11 is 0. The van der Waals surface area contributed by atoms with Gasteiger partial charge in [0.15, 0.2) is 10.8 Å². The van der Waals surface area contributed by atoms with Crippen LogP contribution in [0.3, 0.4) is 0 Å². The molecule has 0 saturated carbocycles. The van der Waals surface area contributed by atoms with Crippen LogP contribution in [-0.4, -0.2) is 62.3 Å². The van der Waals surface area contributed by atoms with Gasteiger partial charge in [-0.25, -0.2) is 18.1 Å². The summed E-state index contributed by atoms with van der Waals surface area (Å²) in [6, 6.07) is 0. The largest absolute Gasteiger partial charge is 0.381 e. The molecule has 1 unspecified atom stereocenters. The average Bonchev–Trinajstić information content (AvgIpc) is 2.67. The third-order valence-electron chi connectivity index (χ3n) is 3.01. The normalized spacial score (nSPS) is 21.7. The van der Waals surface area contributed by atoms with Crippen molar-refractivity contribution in [3.05, 3.63) is 6.33 Å². The summed E-state index contributed by atoms with van der Waals surface area (Å²) in [5.41, 5.74) is 5.57. The molecular formula is C10H19N5O3S. The highest BCUT2D eigenvalue weighted by Crippen LogP contribution is 2.15. The lowest BCUT2D eigenvalue weighted by Gasteiger charge is -2.30. The summed E-state index contributed by atoms with van der Waals surface area (Å²) in [4.78, 5) is 5.87. The molecule has 0 amide bonds. The van der Waals surface area contributed by atoms with Crippen LogP contribution in [-0.2, 0) is 21.8 Å². The van der Waals surface area contributed by atoms with E-state index in [1.165, 1.54) is 10.9 Å². The van der Waals surface area contributed by atoms with Gasteiger partial charge in [0.1, 0.15) is 0 Å². The highest BCUT2D eigenvalue weighted by atomic mass is 32.2. The molecule has 19 heavy (non-hydrogen) atoms. The zero-order valence-corrected chi connectivity index (χ0v) is 11.9. The molecule has 0 spiro atoms. The number of aromatic nitrogens is 2.